The Bertz CT molecular complexity index is 351. The molecule has 0 aliphatic heterocycles. The molecule has 0 aliphatic rings. The normalized spacial score (nSPS) is 10.7. The maximum atomic E-state index is 10.4. The predicted octanol–water partition coefficient (Wildman–Crippen LogP) is 2.08. The van der Waals surface area contributed by atoms with Gasteiger partial charge in [0.15, 0.2) is 0 Å². The fraction of sp³-hybridized carbons (Fsp3) is 0.583. The second-order valence-corrected chi connectivity index (χ2v) is 4.34. The van der Waals surface area contributed by atoms with Crippen molar-refractivity contribution >= 4 is 5.97 Å². The molecule has 0 bridgehead atoms. The highest BCUT2D eigenvalue weighted by Crippen LogP contribution is 2.12. The third-order valence-corrected chi connectivity index (χ3v) is 2.32. The summed E-state index contributed by atoms with van der Waals surface area (Å²) in [6.07, 6.45) is 5.87. The average molecular weight is 222 g/mol. The van der Waals surface area contributed by atoms with Crippen molar-refractivity contribution in [2.45, 2.75) is 39.5 Å². The highest BCUT2D eigenvalue weighted by Gasteiger charge is 2.07. The number of carbonyl (C=O) groups is 1. The van der Waals surface area contributed by atoms with Gasteiger partial charge in [-0.15, -0.1) is 0 Å². The summed E-state index contributed by atoms with van der Waals surface area (Å²) >= 11 is 0. The fourth-order valence-electron chi connectivity index (χ4n) is 1.59. The highest BCUT2D eigenvalue weighted by atomic mass is 16.4. The minimum Gasteiger partial charge on any atom is -0.481 e. The van der Waals surface area contributed by atoms with Gasteiger partial charge in [0.1, 0.15) is 6.33 Å². The average Bonchev–Trinajstić information content (AvgIpc) is 2.19. The predicted molar refractivity (Wildman–Crippen MR) is 61.1 cm³/mol. The Morgan fingerprint density at radius 3 is 2.88 bits per heavy atom. The summed E-state index contributed by atoms with van der Waals surface area (Å²) in [5.41, 5.74) is 2.13. The van der Waals surface area contributed by atoms with Gasteiger partial charge in [-0.1, -0.05) is 13.8 Å². The van der Waals surface area contributed by atoms with Gasteiger partial charge >= 0.3 is 5.97 Å². The van der Waals surface area contributed by atoms with E-state index in [1.54, 1.807) is 12.5 Å². The molecule has 1 aromatic rings. The molecule has 16 heavy (non-hydrogen) atoms. The van der Waals surface area contributed by atoms with E-state index in [-0.39, 0.29) is 6.42 Å². The monoisotopic (exact) mass is 222 g/mol. The number of nitrogens with zero attached hydrogens (tertiary/aromatic N) is 2. The molecule has 0 saturated carbocycles. The quantitative estimate of drug-likeness (QED) is 0.800. The first-order chi connectivity index (χ1) is 7.59. The number of carboxylic acids is 1. The van der Waals surface area contributed by atoms with E-state index in [0.717, 1.165) is 24.1 Å². The van der Waals surface area contributed by atoms with Gasteiger partial charge in [-0.25, -0.2) is 9.97 Å². The molecule has 1 heterocycles. The third kappa shape index (κ3) is 4.38. The van der Waals surface area contributed by atoms with Crippen LogP contribution in [0.25, 0.3) is 0 Å². The van der Waals surface area contributed by atoms with Crippen LogP contribution >= 0.6 is 0 Å². The van der Waals surface area contributed by atoms with Gasteiger partial charge in [0.25, 0.3) is 0 Å². The molecule has 0 saturated heterocycles. The molecule has 0 unspecified atom stereocenters. The Morgan fingerprint density at radius 1 is 1.50 bits per heavy atom. The van der Waals surface area contributed by atoms with E-state index < -0.39 is 5.97 Å². The number of hydrogen-bond acceptors (Lipinski definition) is 3. The number of aryl methyl sites for hydroxylation is 1. The van der Waals surface area contributed by atoms with E-state index in [9.17, 15) is 4.79 Å². The third-order valence-electron chi connectivity index (χ3n) is 2.32. The van der Waals surface area contributed by atoms with Gasteiger partial charge in [0, 0.05) is 18.3 Å². The standard InChI is InChI=1S/C12H18N2O2/c1-9(2)6-11-10(7-13-8-14-11)4-3-5-12(15)16/h7-9H,3-6H2,1-2H3,(H,15,16). The van der Waals surface area contributed by atoms with E-state index >= 15 is 0 Å². The Balaban J connectivity index is 2.60. The van der Waals surface area contributed by atoms with Crippen LogP contribution in [0, 0.1) is 5.92 Å². The summed E-state index contributed by atoms with van der Waals surface area (Å²) in [5.74, 6) is -0.199. The van der Waals surface area contributed by atoms with Crippen LogP contribution in [0.4, 0.5) is 0 Å². The lowest BCUT2D eigenvalue weighted by molar-refractivity contribution is -0.137. The molecule has 1 N–H and O–H groups in total. The van der Waals surface area contributed by atoms with Crippen molar-refractivity contribution in [3.05, 3.63) is 23.8 Å². The van der Waals surface area contributed by atoms with Crippen molar-refractivity contribution in [3.8, 4) is 0 Å². The number of aliphatic carboxylic acids is 1. The summed E-state index contributed by atoms with van der Waals surface area (Å²) < 4.78 is 0. The van der Waals surface area contributed by atoms with Crippen molar-refractivity contribution in [3.63, 3.8) is 0 Å². The molecule has 88 valence electrons. The van der Waals surface area contributed by atoms with Gasteiger partial charge in [-0.3, -0.25) is 4.79 Å². The Labute approximate surface area is 95.7 Å². The molecular weight excluding hydrogens is 204 g/mol. The molecule has 0 atom stereocenters. The van der Waals surface area contributed by atoms with Crippen molar-refractivity contribution < 1.29 is 9.90 Å². The molecule has 0 spiro atoms. The molecule has 1 rings (SSSR count). The second kappa shape index (κ2) is 6.20. The minimum atomic E-state index is -0.748. The van der Waals surface area contributed by atoms with Gasteiger partial charge in [0.05, 0.1) is 0 Å². The number of carboxylic acid groups (broad SMARTS) is 1. The van der Waals surface area contributed by atoms with Crippen LogP contribution in [0.3, 0.4) is 0 Å². The van der Waals surface area contributed by atoms with Gasteiger partial charge < -0.3 is 5.11 Å². The van der Waals surface area contributed by atoms with Crippen molar-refractivity contribution in [1.82, 2.24) is 9.97 Å². The van der Waals surface area contributed by atoms with Crippen LogP contribution in [0.15, 0.2) is 12.5 Å². The van der Waals surface area contributed by atoms with Crippen LogP contribution in [-0.4, -0.2) is 21.0 Å². The largest absolute Gasteiger partial charge is 0.481 e. The zero-order valence-corrected chi connectivity index (χ0v) is 9.81. The molecule has 1 aromatic heterocycles. The van der Waals surface area contributed by atoms with E-state index in [2.05, 4.69) is 23.8 Å². The lowest BCUT2D eigenvalue weighted by Gasteiger charge is -2.09. The molecule has 4 heteroatoms. The van der Waals surface area contributed by atoms with Gasteiger partial charge in [-0.2, -0.15) is 0 Å². The van der Waals surface area contributed by atoms with Gasteiger partial charge in [0.2, 0.25) is 0 Å². The van der Waals surface area contributed by atoms with Crippen molar-refractivity contribution in [2.24, 2.45) is 5.92 Å². The summed E-state index contributed by atoms with van der Waals surface area (Å²) in [7, 11) is 0. The zero-order chi connectivity index (χ0) is 12.0. The lowest BCUT2D eigenvalue weighted by Crippen LogP contribution is -2.04. The summed E-state index contributed by atoms with van der Waals surface area (Å²) in [6.45, 7) is 4.28. The Hall–Kier alpha value is -1.45. The SMILES string of the molecule is CC(C)Cc1ncncc1CCCC(=O)O. The summed E-state index contributed by atoms with van der Waals surface area (Å²) in [4.78, 5) is 18.7. The minimum absolute atomic E-state index is 0.204. The summed E-state index contributed by atoms with van der Waals surface area (Å²) in [5, 5.41) is 8.57. The molecule has 0 aromatic carbocycles. The molecule has 0 fully saturated rings. The Morgan fingerprint density at radius 2 is 2.25 bits per heavy atom. The van der Waals surface area contributed by atoms with E-state index in [4.69, 9.17) is 5.11 Å². The number of aromatic nitrogens is 2. The van der Waals surface area contributed by atoms with E-state index in [0.29, 0.717) is 12.3 Å². The van der Waals surface area contributed by atoms with Crippen LogP contribution in [-0.2, 0) is 17.6 Å². The van der Waals surface area contributed by atoms with Crippen molar-refractivity contribution in [2.75, 3.05) is 0 Å². The molecular formula is C12H18N2O2. The van der Waals surface area contributed by atoms with Gasteiger partial charge in [-0.05, 0) is 30.7 Å². The molecule has 0 radical (unpaired) electrons. The second-order valence-electron chi connectivity index (χ2n) is 4.34. The maximum Gasteiger partial charge on any atom is 0.303 e. The van der Waals surface area contributed by atoms with Crippen LogP contribution < -0.4 is 0 Å². The van der Waals surface area contributed by atoms with Crippen LogP contribution in [0.1, 0.15) is 37.9 Å². The van der Waals surface area contributed by atoms with Crippen LogP contribution in [0.2, 0.25) is 0 Å². The van der Waals surface area contributed by atoms with Crippen molar-refractivity contribution in [1.29, 1.82) is 0 Å². The highest BCUT2D eigenvalue weighted by molar-refractivity contribution is 5.66. The smallest absolute Gasteiger partial charge is 0.303 e. The number of hydrogen-bond donors (Lipinski definition) is 1. The zero-order valence-electron chi connectivity index (χ0n) is 9.81. The molecule has 0 amide bonds. The topological polar surface area (TPSA) is 63.1 Å². The first kappa shape index (κ1) is 12.6. The first-order valence-electron chi connectivity index (χ1n) is 5.59. The maximum absolute atomic E-state index is 10.4. The first-order valence-corrected chi connectivity index (χ1v) is 5.59. The molecule has 0 aliphatic carbocycles. The fourth-order valence-corrected chi connectivity index (χ4v) is 1.59. The lowest BCUT2D eigenvalue weighted by atomic mass is 10.0. The molecule has 4 nitrogen and oxygen atoms in total. The summed E-state index contributed by atoms with van der Waals surface area (Å²) in [6, 6.07) is 0. The van der Waals surface area contributed by atoms with Crippen LogP contribution in [0.5, 0.6) is 0 Å². The Kier molecular flexibility index (Phi) is 4.89. The number of rotatable bonds is 6. The van der Waals surface area contributed by atoms with E-state index in [1.165, 1.54) is 0 Å². The van der Waals surface area contributed by atoms with E-state index in [1.807, 2.05) is 0 Å².